The Labute approximate surface area is 209 Å². The molecule has 10 heteroatoms. The van der Waals surface area contributed by atoms with Crippen LogP contribution in [0, 0.1) is 17.8 Å². The number of carbonyl (C=O) groups excluding carboxylic acids is 1. The molecule has 1 aromatic carbocycles. The fourth-order valence-electron chi connectivity index (χ4n) is 6.58. The highest BCUT2D eigenvalue weighted by Gasteiger charge is 2.51. The molecule has 1 aromatic heterocycles. The minimum absolute atomic E-state index is 0.250. The summed E-state index contributed by atoms with van der Waals surface area (Å²) in [4.78, 5) is 12.7. The monoisotopic (exact) mass is 518 g/mol. The number of hydrogen-bond donors (Lipinski definition) is 1. The Morgan fingerprint density at radius 2 is 1.79 bits per heavy atom. The molecule has 6 rings (SSSR count). The molecule has 0 radical (unpaired) electrons. The smallest absolute Gasteiger partial charge is 0.246 e. The highest BCUT2D eigenvalue weighted by atomic mass is 32.2. The normalized spacial score (nSPS) is 27.5. The number of amides is 1. The number of sulfonamides is 1. The van der Waals surface area contributed by atoms with Gasteiger partial charge >= 0.3 is 0 Å². The second kappa shape index (κ2) is 9.28. The van der Waals surface area contributed by atoms with Gasteiger partial charge in [0.25, 0.3) is 0 Å². The largest absolute Gasteiger partial charge is 0.299 e. The summed E-state index contributed by atoms with van der Waals surface area (Å²) in [6, 6.07) is 7.90. The lowest BCUT2D eigenvalue weighted by Gasteiger charge is -2.57. The number of anilines is 2. The molecule has 0 saturated heterocycles. The molecule has 182 valence electrons. The van der Waals surface area contributed by atoms with Gasteiger partial charge in [0.05, 0.1) is 11.9 Å². The zero-order chi connectivity index (χ0) is 23.9. The van der Waals surface area contributed by atoms with E-state index in [1.54, 1.807) is 6.08 Å². The first kappa shape index (κ1) is 23.8. The number of nitrogens with zero attached hydrogens (tertiary/aromatic N) is 3. The van der Waals surface area contributed by atoms with Crippen LogP contribution in [-0.4, -0.2) is 43.1 Å². The van der Waals surface area contributed by atoms with Crippen LogP contribution in [0.5, 0.6) is 0 Å². The fraction of sp³-hybridized carbons (Fsp3) is 0.542. The lowest BCUT2D eigenvalue weighted by Crippen LogP contribution is -2.48. The number of benzene rings is 1. The maximum atomic E-state index is 12.7. The first-order valence-electron chi connectivity index (χ1n) is 11.7. The van der Waals surface area contributed by atoms with Crippen molar-refractivity contribution in [3.63, 3.8) is 0 Å². The van der Waals surface area contributed by atoms with Crippen LogP contribution in [0.3, 0.4) is 0 Å². The first-order chi connectivity index (χ1) is 16.2. The quantitative estimate of drug-likeness (QED) is 0.294. The summed E-state index contributed by atoms with van der Waals surface area (Å²) < 4.78 is 27.0. The molecule has 4 bridgehead atoms. The van der Waals surface area contributed by atoms with Crippen LogP contribution >= 0.6 is 23.1 Å². The molecule has 4 fully saturated rings. The molecule has 4 saturated carbocycles. The third kappa shape index (κ3) is 4.90. The maximum absolute atomic E-state index is 12.7. The second-order valence-electron chi connectivity index (χ2n) is 10.0. The lowest BCUT2D eigenvalue weighted by molar-refractivity contribution is -0.114. The van der Waals surface area contributed by atoms with Crippen molar-refractivity contribution in [2.45, 2.75) is 48.3 Å². The van der Waals surface area contributed by atoms with E-state index in [1.807, 2.05) is 12.1 Å². The number of hydrogen-bond acceptors (Lipinski definition) is 7. The van der Waals surface area contributed by atoms with Crippen LogP contribution in [0.15, 0.2) is 41.3 Å². The Morgan fingerprint density at radius 3 is 2.35 bits per heavy atom. The van der Waals surface area contributed by atoms with Gasteiger partial charge < -0.3 is 0 Å². The Kier molecular flexibility index (Phi) is 6.50. The molecule has 34 heavy (non-hydrogen) atoms. The Balaban J connectivity index is 1.30. The van der Waals surface area contributed by atoms with Crippen molar-refractivity contribution >= 4 is 49.8 Å². The lowest BCUT2D eigenvalue weighted by atomic mass is 9.48. The minimum atomic E-state index is -3.65. The molecule has 1 heterocycles. The number of aromatic nitrogens is 2. The molecule has 0 unspecified atom stereocenters. The van der Waals surface area contributed by atoms with E-state index < -0.39 is 15.9 Å². The van der Waals surface area contributed by atoms with Crippen molar-refractivity contribution in [1.29, 1.82) is 0 Å². The van der Waals surface area contributed by atoms with E-state index in [-0.39, 0.29) is 12.0 Å². The van der Waals surface area contributed by atoms with Crippen LogP contribution in [0.4, 0.5) is 10.8 Å². The summed E-state index contributed by atoms with van der Waals surface area (Å²) in [5.41, 5.74) is 2.08. The van der Waals surface area contributed by atoms with Crippen LogP contribution < -0.4 is 9.62 Å². The fourth-order valence-corrected chi connectivity index (χ4v) is 8.97. The number of carbonyl (C=O) groups is 1. The second-order valence-corrected chi connectivity index (χ2v) is 14.2. The van der Waals surface area contributed by atoms with E-state index in [0.717, 1.165) is 32.7 Å². The summed E-state index contributed by atoms with van der Waals surface area (Å²) in [5, 5.41) is 11.0. The number of rotatable bonds is 9. The number of nitrogens with one attached hydrogen (secondary N) is 1. The van der Waals surface area contributed by atoms with E-state index in [1.165, 1.54) is 67.2 Å². The first-order valence-corrected chi connectivity index (χ1v) is 15.3. The Bertz CT molecular complexity index is 1140. The van der Waals surface area contributed by atoms with E-state index in [0.29, 0.717) is 16.6 Å². The van der Waals surface area contributed by atoms with Gasteiger partial charge in [0, 0.05) is 5.75 Å². The summed E-state index contributed by atoms with van der Waals surface area (Å²) in [7, 11) is -3.65. The standard InChI is InChI=1S/C24H30N4O3S3/c1-3-8-32-23-27-26-22(33-23)25-21(29)15-28(34(2,30)31)20-6-4-19(5-7-20)24-12-16-9-17(13-24)11-18(10-16)14-24/h3-7,16-18H,1,8-15H2,2H3,(H,25,26,29). The summed E-state index contributed by atoms with van der Waals surface area (Å²) in [5.74, 6) is 2.78. The van der Waals surface area contributed by atoms with Crippen LogP contribution in [0.1, 0.15) is 44.1 Å². The van der Waals surface area contributed by atoms with Crippen LogP contribution in [-0.2, 0) is 20.2 Å². The zero-order valence-electron chi connectivity index (χ0n) is 19.3. The van der Waals surface area contributed by atoms with E-state index in [2.05, 4.69) is 34.2 Å². The minimum Gasteiger partial charge on any atom is -0.299 e. The molecule has 4 aliphatic rings. The third-order valence-electron chi connectivity index (χ3n) is 7.47. The van der Waals surface area contributed by atoms with Gasteiger partial charge in [-0.15, -0.1) is 16.8 Å². The summed E-state index contributed by atoms with van der Waals surface area (Å²) >= 11 is 2.73. The summed E-state index contributed by atoms with van der Waals surface area (Å²) in [6.07, 6.45) is 10.8. The Morgan fingerprint density at radius 1 is 1.18 bits per heavy atom. The van der Waals surface area contributed by atoms with Crippen molar-refractivity contribution < 1.29 is 13.2 Å². The molecule has 1 N–H and O–H groups in total. The average Bonchev–Trinajstić information content (AvgIpc) is 3.21. The van der Waals surface area contributed by atoms with E-state index in [9.17, 15) is 13.2 Å². The molecule has 2 aromatic rings. The van der Waals surface area contributed by atoms with Gasteiger partial charge in [-0.2, -0.15) is 0 Å². The van der Waals surface area contributed by atoms with Gasteiger partial charge in [-0.25, -0.2) is 8.42 Å². The predicted molar refractivity (Wildman–Crippen MR) is 138 cm³/mol. The van der Waals surface area contributed by atoms with E-state index in [4.69, 9.17) is 0 Å². The van der Waals surface area contributed by atoms with Gasteiger partial charge in [-0.05, 0) is 79.4 Å². The van der Waals surface area contributed by atoms with Gasteiger partial charge in [-0.3, -0.25) is 14.4 Å². The zero-order valence-corrected chi connectivity index (χ0v) is 21.7. The molecular weight excluding hydrogens is 488 g/mol. The van der Waals surface area contributed by atoms with Crippen molar-refractivity contribution in [3.05, 3.63) is 42.5 Å². The third-order valence-corrected chi connectivity index (χ3v) is 10.6. The van der Waals surface area contributed by atoms with Gasteiger partial charge in [0.15, 0.2) is 4.34 Å². The SMILES string of the molecule is C=CCSc1nnc(NC(=O)CN(c2ccc(C34CC5CC(CC(C5)C3)C4)cc2)S(C)(=O)=O)s1. The molecule has 7 nitrogen and oxygen atoms in total. The molecule has 4 aliphatic carbocycles. The van der Waals surface area contributed by atoms with E-state index >= 15 is 0 Å². The van der Waals surface area contributed by atoms with Crippen molar-refractivity contribution in [3.8, 4) is 0 Å². The van der Waals surface area contributed by atoms with Gasteiger partial charge in [-0.1, -0.05) is 41.3 Å². The van der Waals surface area contributed by atoms with Gasteiger partial charge in [0.2, 0.25) is 21.1 Å². The van der Waals surface area contributed by atoms with Crippen molar-refractivity contribution in [2.75, 3.05) is 28.2 Å². The average molecular weight is 519 g/mol. The molecule has 1 amide bonds. The predicted octanol–water partition coefficient (Wildman–Crippen LogP) is 4.69. The highest BCUT2D eigenvalue weighted by molar-refractivity contribution is 8.01. The van der Waals surface area contributed by atoms with Crippen LogP contribution in [0.25, 0.3) is 0 Å². The maximum Gasteiger partial charge on any atom is 0.246 e. The Hall–Kier alpha value is -1.91. The van der Waals surface area contributed by atoms with Crippen molar-refractivity contribution in [1.82, 2.24) is 10.2 Å². The molecule has 0 spiro atoms. The summed E-state index contributed by atoms with van der Waals surface area (Å²) in [6.45, 7) is 3.36. The van der Waals surface area contributed by atoms with Gasteiger partial charge in [0.1, 0.15) is 6.54 Å². The molecular formula is C24H30N4O3S3. The number of thioether (sulfide) groups is 1. The molecule has 0 atom stereocenters. The highest BCUT2D eigenvalue weighted by Crippen LogP contribution is 2.60. The van der Waals surface area contributed by atoms with Crippen LogP contribution in [0.2, 0.25) is 0 Å². The van der Waals surface area contributed by atoms with Crippen molar-refractivity contribution in [2.24, 2.45) is 17.8 Å². The molecule has 0 aliphatic heterocycles. The topological polar surface area (TPSA) is 92.3 Å².